The predicted octanol–water partition coefficient (Wildman–Crippen LogP) is 2.28. The Kier molecular flexibility index (Phi) is 5.17. The van der Waals surface area contributed by atoms with E-state index in [1.807, 2.05) is 35.9 Å². The zero-order valence-corrected chi connectivity index (χ0v) is 12.6. The van der Waals surface area contributed by atoms with Crippen molar-refractivity contribution in [3.05, 3.63) is 51.8 Å². The van der Waals surface area contributed by atoms with Gasteiger partial charge in [0.2, 0.25) is 0 Å². The number of aromatic nitrogens is 2. The highest BCUT2D eigenvalue weighted by atomic mass is 35.5. The molecule has 108 valence electrons. The number of benzene rings is 1. The van der Waals surface area contributed by atoms with E-state index in [0.29, 0.717) is 13.1 Å². The van der Waals surface area contributed by atoms with Crippen LogP contribution < -0.4 is 5.32 Å². The number of halogens is 1. The number of aliphatic hydroxyl groups excluding tert-OH is 1. The van der Waals surface area contributed by atoms with Gasteiger partial charge in [0.15, 0.2) is 0 Å². The lowest BCUT2D eigenvalue weighted by Crippen LogP contribution is -2.18. The van der Waals surface area contributed by atoms with Crippen LogP contribution in [0.3, 0.4) is 0 Å². The minimum Gasteiger partial charge on any atom is -0.395 e. The number of aliphatic hydroxyl groups is 1. The molecule has 0 aliphatic carbocycles. The maximum absolute atomic E-state index is 8.82. The van der Waals surface area contributed by atoms with Gasteiger partial charge >= 0.3 is 0 Å². The maximum Gasteiger partial charge on any atom is 0.0677 e. The average Bonchev–Trinajstić information content (AvgIpc) is 2.69. The fourth-order valence-corrected chi connectivity index (χ4v) is 2.42. The van der Waals surface area contributed by atoms with Gasteiger partial charge in [-0.05, 0) is 25.5 Å². The Hall–Kier alpha value is -1.36. The van der Waals surface area contributed by atoms with Gasteiger partial charge in [0.1, 0.15) is 0 Å². The molecule has 0 amide bonds. The molecule has 0 fully saturated rings. The Balaban J connectivity index is 2.17. The molecule has 0 aliphatic rings. The van der Waals surface area contributed by atoms with Gasteiger partial charge in [-0.25, -0.2) is 0 Å². The fraction of sp³-hybridized carbons (Fsp3) is 0.400. The first-order valence-corrected chi connectivity index (χ1v) is 7.09. The summed E-state index contributed by atoms with van der Waals surface area (Å²) in [7, 11) is 0. The van der Waals surface area contributed by atoms with Crippen LogP contribution in [0.4, 0.5) is 0 Å². The normalized spacial score (nSPS) is 11.0. The molecule has 4 nitrogen and oxygen atoms in total. The summed E-state index contributed by atoms with van der Waals surface area (Å²) in [5.41, 5.74) is 4.40. The van der Waals surface area contributed by atoms with Crippen molar-refractivity contribution in [2.45, 2.75) is 26.9 Å². The number of nitrogens with one attached hydrogen (secondary N) is 1. The first kappa shape index (κ1) is 15.0. The van der Waals surface area contributed by atoms with Crippen LogP contribution in [0, 0.1) is 13.8 Å². The number of nitrogens with zero attached hydrogens (tertiary/aromatic N) is 2. The van der Waals surface area contributed by atoms with Gasteiger partial charge in [-0.3, -0.25) is 4.68 Å². The van der Waals surface area contributed by atoms with Crippen molar-refractivity contribution in [3.63, 3.8) is 0 Å². The molecule has 5 heteroatoms. The van der Waals surface area contributed by atoms with E-state index in [4.69, 9.17) is 16.7 Å². The van der Waals surface area contributed by atoms with Crippen molar-refractivity contribution < 1.29 is 5.11 Å². The maximum atomic E-state index is 8.82. The van der Waals surface area contributed by atoms with Crippen LogP contribution in [0.15, 0.2) is 24.3 Å². The standard InChI is InChI=1S/C15H20ClN3O/c1-11-14(9-17-7-8-20)12(2)19(18-11)10-13-5-3-4-6-15(13)16/h3-6,17,20H,7-10H2,1-2H3. The minimum atomic E-state index is 0.145. The molecule has 0 atom stereocenters. The number of hydrogen-bond acceptors (Lipinski definition) is 3. The topological polar surface area (TPSA) is 50.1 Å². The Morgan fingerprint density at radius 3 is 2.75 bits per heavy atom. The monoisotopic (exact) mass is 293 g/mol. The predicted molar refractivity (Wildman–Crippen MR) is 81.0 cm³/mol. The summed E-state index contributed by atoms with van der Waals surface area (Å²) in [6, 6.07) is 7.82. The summed E-state index contributed by atoms with van der Waals surface area (Å²) >= 11 is 6.19. The molecule has 1 aromatic carbocycles. The van der Waals surface area contributed by atoms with Crippen LogP contribution in [0.2, 0.25) is 5.02 Å². The van der Waals surface area contributed by atoms with Crippen LogP contribution in [0.5, 0.6) is 0 Å². The number of hydrogen-bond donors (Lipinski definition) is 2. The zero-order valence-electron chi connectivity index (χ0n) is 11.9. The van der Waals surface area contributed by atoms with Gasteiger partial charge in [0.05, 0.1) is 18.8 Å². The molecular weight excluding hydrogens is 274 g/mol. The lowest BCUT2D eigenvalue weighted by molar-refractivity contribution is 0.292. The van der Waals surface area contributed by atoms with E-state index in [0.717, 1.165) is 28.5 Å². The van der Waals surface area contributed by atoms with E-state index in [9.17, 15) is 0 Å². The van der Waals surface area contributed by atoms with E-state index in [-0.39, 0.29) is 6.61 Å². The van der Waals surface area contributed by atoms with Gasteiger partial charge in [-0.2, -0.15) is 5.10 Å². The van der Waals surface area contributed by atoms with Gasteiger partial charge in [0, 0.05) is 29.4 Å². The highest BCUT2D eigenvalue weighted by Gasteiger charge is 2.12. The summed E-state index contributed by atoms with van der Waals surface area (Å²) in [5, 5.41) is 17.4. The average molecular weight is 294 g/mol. The summed E-state index contributed by atoms with van der Waals surface area (Å²) in [6.07, 6.45) is 0. The Bertz CT molecular complexity index is 580. The second-order valence-electron chi connectivity index (χ2n) is 4.80. The molecule has 0 spiro atoms. The summed E-state index contributed by atoms with van der Waals surface area (Å²) in [5.74, 6) is 0. The second kappa shape index (κ2) is 6.88. The van der Waals surface area contributed by atoms with Gasteiger partial charge in [0.25, 0.3) is 0 Å². The quantitative estimate of drug-likeness (QED) is 0.804. The van der Waals surface area contributed by atoms with Crippen molar-refractivity contribution in [1.29, 1.82) is 0 Å². The zero-order chi connectivity index (χ0) is 14.5. The van der Waals surface area contributed by atoms with E-state index in [1.54, 1.807) is 0 Å². The molecule has 2 aromatic rings. The van der Waals surface area contributed by atoms with E-state index < -0.39 is 0 Å². The van der Waals surface area contributed by atoms with E-state index in [2.05, 4.69) is 17.3 Å². The van der Waals surface area contributed by atoms with Crippen molar-refractivity contribution in [1.82, 2.24) is 15.1 Å². The van der Waals surface area contributed by atoms with Crippen molar-refractivity contribution in [2.75, 3.05) is 13.2 Å². The molecule has 1 aromatic heterocycles. The molecule has 2 N–H and O–H groups in total. The van der Waals surface area contributed by atoms with Crippen molar-refractivity contribution >= 4 is 11.6 Å². The van der Waals surface area contributed by atoms with Crippen LogP contribution in [-0.2, 0) is 13.1 Å². The van der Waals surface area contributed by atoms with Crippen LogP contribution >= 0.6 is 11.6 Å². The molecule has 2 rings (SSSR count). The molecule has 0 aliphatic heterocycles. The van der Waals surface area contributed by atoms with Gasteiger partial charge < -0.3 is 10.4 Å². The van der Waals surface area contributed by atoms with Gasteiger partial charge in [-0.1, -0.05) is 29.8 Å². The van der Waals surface area contributed by atoms with E-state index in [1.165, 1.54) is 5.56 Å². The molecule has 1 heterocycles. The largest absolute Gasteiger partial charge is 0.395 e. The summed E-state index contributed by atoms with van der Waals surface area (Å²) in [4.78, 5) is 0. The van der Waals surface area contributed by atoms with E-state index >= 15 is 0 Å². The molecule has 0 saturated carbocycles. The summed E-state index contributed by atoms with van der Waals surface area (Å²) in [6.45, 7) is 6.20. The molecule has 0 radical (unpaired) electrons. The Morgan fingerprint density at radius 2 is 2.05 bits per heavy atom. The first-order valence-electron chi connectivity index (χ1n) is 6.71. The molecular formula is C15H20ClN3O. The minimum absolute atomic E-state index is 0.145. The van der Waals surface area contributed by atoms with Crippen molar-refractivity contribution in [2.24, 2.45) is 0 Å². The number of aryl methyl sites for hydroxylation is 1. The SMILES string of the molecule is Cc1nn(Cc2ccccc2Cl)c(C)c1CNCCO. The Morgan fingerprint density at radius 1 is 1.30 bits per heavy atom. The lowest BCUT2D eigenvalue weighted by atomic mass is 10.2. The Labute approximate surface area is 124 Å². The van der Waals surface area contributed by atoms with Crippen LogP contribution in [0.1, 0.15) is 22.5 Å². The number of rotatable bonds is 6. The third-order valence-corrected chi connectivity index (χ3v) is 3.77. The highest BCUT2D eigenvalue weighted by Crippen LogP contribution is 2.19. The molecule has 0 saturated heterocycles. The fourth-order valence-electron chi connectivity index (χ4n) is 2.22. The van der Waals surface area contributed by atoms with Gasteiger partial charge in [-0.15, -0.1) is 0 Å². The second-order valence-corrected chi connectivity index (χ2v) is 5.21. The highest BCUT2D eigenvalue weighted by molar-refractivity contribution is 6.31. The smallest absolute Gasteiger partial charge is 0.0677 e. The van der Waals surface area contributed by atoms with Crippen molar-refractivity contribution in [3.8, 4) is 0 Å². The molecule has 20 heavy (non-hydrogen) atoms. The van der Waals surface area contributed by atoms with Crippen LogP contribution in [0.25, 0.3) is 0 Å². The molecule has 0 unspecified atom stereocenters. The lowest BCUT2D eigenvalue weighted by Gasteiger charge is -2.08. The molecule has 0 bridgehead atoms. The first-order chi connectivity index (χ1) is 9.63. The summed E-state index contributed by atoms with van der Waals surface area (Å²) < 4.78 is 1.98. The third kappa shape index (κ3) is 3.39. The third-order valence-electron chi connectivity index (χ3n) is 3.40. The van der Waals surface area contributed by atoms with Crippen LogP contribution in [-0.4, -0.2) is 28.0 Å².